The first-order valence-corrected chi connectivity index (χ1v) is 6.46. The predicted molar refractivity (Wildman–Crippen MR) is 64.3 cm³/mol. The summed E-state index contributed by atoms with van der Waals surface area (Å²) >= 11 is 1.46. The maximum atomic E-state index is 11.7. The quantitative estimate of drug-likeness (QED) is 0.780. The van der Waals surface area contributed by atoms with E-state index < -0.39 is 12.0 Å². The molecule has 1 aromatic heterocycles. The Morgan fingerprint density at radius 1 is 1.56 bits per heavy atom. The molecular weight excluding hydrogens is 224 g/mol. The van der Waals surface area contributed by atoms with Crippen LogP contribution < -0.4 is 0 Å². The summed E-state index contributed by atoms with van der Waals surface area (Å²) < 4.78 is 4.98. The van der Waals surface area contributed by atoms with Crippen molar-refractivity contribution in [2.24, 2.45) is 5.92 Å². The minimum atomic E-state index is -0.737. The molecule has 0 bridgehead atoms. The van der Waals surface area contributed by atoms with E-state index in [4.69, 9.17) is 4.74 Å². The van der Waals surface area contributed by atoms with Crippen molar-refractivity contribution in [3.63, 3.8) is 0 Å². The van der Waals surface area contributed by atoms with Crippen molar-refractivity contribution in [2.75, 3.05) is 6.61 Å². The number of carbonyl (C=O) groups is 1. The van der Waals surface area contributed by atoms with Crippen molar-refractivity contribution in [3.05, 3.63) is 22.4 Å². The van der Waals surface area contributed by atoms with E-state index in [1.807, 2.05) is 24.4 Å². The zero-order chi connectivity index (χ0) is 12.0. The van der Waals surface area contributed by atoms with Gasteiger partial charge in [0, 0.05) is 4.88 Å². The van der Waals surface area contributed by atoms with Crippen LogP contribution in [0.2, 0.25) is 0 Å². The predicted octanol–water partition coefficient (Wildman–Crippen LogP) is 2.76. The third kappa shape index (κ3) is 3.32. The van der Waals surface area contributed by atoms with Gasteiger partial charge in [0.1, 0.15) is 6.10 Å². The first-order chi connectivity index (χ1) is 7.70. The van der Waals surface area contributed by atoms with Crippen LogP contribution in [0.3, 0.4) is 0 Å². The smallest absolute Gasteiger partial charge is 0.311 e. The zero-order valence-corrected chi connectivity index (χ0v) is 10.5. The third-order valence-corrected chi connectivity index (χ3v) is 3.35. The van der Waals surface area contributed by atoms with Crippen LogP contribution in [0.5, 0.6) is 0 Å². The van der Waals surface area contributed by atoms with E-state index in [2.05, 4.69) is 0 Å². The molecule has 1 heterocycles. The first kappa shape index (κ1) is 13.2. The number of hydrogen-bond acceptors (Lipinski definition) is 4. The highest BCUT2D eigenvalue weighted by Gasteiger charge is 2.28. The average molecular weight is 242 g/mol. The molecule has 0 aliphatic rings. The Labute approximate surface area is 100 Å². The standard InChI is InChI=1S/C12H18O3S/c1-3-6-9(12(14)15-4-2)11(13)10-7-5-8-16-10/h5,7-9,11,13H,3-4,6H2,1-2H3. The fourth-order valence-electron chi connectivity index (χ4n) is 1.62. The summed E-state index contributed by atoms with van der Waals surface area (Å²) in [6.07, 6.45) is 0.767. The minimum absolute atomic E-state index is 0.301. The summed E-state index contributed by atoms with van der Waals surface area (Å²) in [6, 6.07) is 3.72. The van der Waals surface area contributed by atoms with Gasteiger partial charge in [-0.2, -0.15) is 0 Å². The van der Waals surface area contributed by atoms with Crippen molar-refractivity contribution in [1.29, 1.82) is 0 Å². The van der Waals surface area contributed by atoms with Crippen LogP contribution in [0.15, 0.2) is 17.5 Å². The van der Waals surface area contributed by atoms with Gasteiger partial charge in [-0.15, -0.1) is 11.3 Å². The summed E-state index contributed by atoms with van der Waals surface area (Å²) in [5, 5.41) is 12.0. The summed E-state index contributed by atoms with van der Waals surface area (Å²) in [5.74, 6) is -0.742. The van der Waals surface area contributed by atoms with E-state index in [-0.39, 0.29) is 5.97 Å². The summed E-state index contributed by atoms with van der Waals surface area (Å²) in [6.45, 7) is 4.13. The molecule has 0 spiro atoms. The number of aliphatic hydroxyl groups is 1. The molecule has 16 heavy (non-hydrogen) atoms. The van der Waals surface area contributed by atoms with Crippen LogP contribution in [-0.2, 0) is 9.53 Å². The Morgan fingerprint density at radius 2 is 2.31 bits per heavy atom. The van der Waals surface area contributed by atoms with Gasteiger partial charge < -0.3 is 9.84 Å². The van der Waals surface area contributed by atoms with Crippen molar-refractivity contribution in [1.82, 2.24) is 0 Å². The van der Waals surface area contributed by atoms with Gasteiger partial charge in [0.2, 0.25) is 0 Å². The van der Waals surface area contributed by atoms with Crippen LogP contribution in [0, 0.1) is 5.92 Å². The van der Waals surface area contributed by atoms with Gasteiger partial charge in [-0.3, -0.25) is 4.79 Å². The van der Waals surface area contributed by atoms with E-state index in [1.165, 1.54) is 11.3 Å². The van der Waals surface area contributed by atoms with Crippen LogP contribution >= 0.6 is 11.3 Å². The Bertz CT molecular complexity index is 308. The molecule has 3 nitrogen and oxygen atoms in total. The van der Waals surface area contributed by atoms with Gasteiger partial charge in [-0.1, -0.05) is 19.4 Å². The number of esters is 1. The second-order valence-electron chi connectivity index (χ2n) is 3.61. The third-order valence-electron chi connectivity index (χ3n) is 2.40. The highest BCUT2D eigenvalue weighted by Crippen LogP contribution is 2.29. The molecule has 0 fully saturated rings. The first-order valence-electron chi connectivity index (χ1n) is 5.58. The molecule has 0 amide bonds. The topological polar surface area (TPSA) is 46.5 Å². The van der Waals surface area contributed by atoms with Gasteiger partial charge in [-0.05, 0) is 24.8 Å². The van der Waals surface area contributed by atoms with Crippen LogP contribution in [0.1, 0.15) is 37.7 Å². The lowest BCUT2D eigenvalue weighted by molar-refractivity contribution is -0.152. The van der Waals surface area contributed by atoms with Gasteiger partial charge in [-0.25, -0.2) is 0 Å². The molecule has 90 valence electrons. The Balaban J connectivity index is 2.72. The molecule has 0 saturated carbocycles. The lowest BCUT2D eigenvalue weighted by Gasteiger charge is -2.19. The van der Waals surface area contributed by atoms with E-state index in [0.717, 1.165) is 11.3 Å². The van der Waals surface area contributed by atoms with Crippen molar-refractivity contribution in [3.8, 4) is 0 Å². The summed E-state index contributed by atoms with van der Waals surface area (Å²) in [7, 11) is 0. The molecule has 4 heteroatoms. The Morgan fingerprint density at radius 3 is 2.81 bits per heavy atom. The number of carbonyl (C=O) groups excluding carboxylic acids is 1. The van der Waals surface area contributed by atoms with Crippen LogP contribution in [0.4, 0.5) is 0 Å². The molecule has 1 rings (SSSR count). The second-order valence-corrected chi connectivity index (χ2v) is 4.59. The van der Waals surface area contributed by atoms with Crippen LogP contribution in [0.25, 0.3) is 0 Å². The molecule has 0 radical (unpaired) electrons. The lowest BCUT2D eigenvalue weighted by Crippen LogP contribution is -2.24. The van der Waals surface area contributed by atoms with Gasteiger partial charge in [0.25, 0.3) is 0 Å². The van der Waals surface area contributed by atoms with E-state index in [1.54, 1.807) is 6.92 Å². The second kappa shape index (κ2) is 6.66. The molecular formula is C12H18O3S. The van der Waals surface area contributed by atoms with Crippen molar-refractivity contribution >= 4 is 17.3 Å². The highest BCUT2D eigenvalue weighted by atomic mass is 32.1. The highest BCUT2D eigenvalue weighted by molar-refractivity contribution is 7.10. The normalized spacial score (nSPS) is 14.4. The molecule has 0 saturated heterocycles. The lowest BCUT2D eigenvalue weighted by atomic mass is 9.96. The van der Waals surface area contributed by atoms with E-state index >= 15 is 0 Å². The number of rotatable bonds is 6. The monoisotopic (exact) mass is 242 g/mol. The molecule has 0 aliphatic heterocycles. The largest absolute Gasteiger partial charge is 0.466 e. The molecule has 1 N–H and O–H groups in total. The summed E-state index contributed by atoms with van der Waals surface area (Å²) in [4.78, 5) is 12.5. The molecule has 0 aliphatic carbocycles. The number of thiophene rings is 1. The van der Waals surface area contributed by atoms with Crippen molar-refractivity contribution < 1.29 is 14.6 Å². The maximum Gasteiger partial charge on any atom is 0.311 e. The maximum absolute atomic E-state index is 11.7. The zero-order valence-electron chi connectivity index (χ0n) is 9.68. The number of aliphatic hydroxyl groups excluding tert-OH is 1. The molecule has 2 unspecified atom stereocenters. The summed E-state index contributed by atoms with van der Waals surface area (Å²) in [5.41, 5.74) is 0. The van der Waals surface area contributed by atoms with Crippen LogP contribution in [-0.4, -0.2) is 17.7 Å². The molecule has 0 aromatic carbocycles. The average Bonchev–Trinajstić information content (AvgIpc) is 2.78. The number of hydrogen-bond donors (Lipinski definition) is 1. The number of ether oxygens (including phenoxy) is 1. The van der Waals surface area contributed by atoms with Crippen molar-refractivity contribution in [2.45, 2.75) is 32.8 Å². The fourth-order valence-corrected chi connectivity index (χ4v) is 2.40. The Kier molecular flexibility index (Phi) is 5.49. The van der Waals surface area contributed by atoms with Gasteiger partial charge >= 0.3 is 5.97 Å². The fraction of sp³-hybridized carbons (Fsp3) is 0.583. The SMILES string of the molecule is CCCC(C(=O)OCC)C(O)c1cccs1. The minimum Gasteiger partial charge on any atom is -0.466 e. The van der Waals surface area contributed by atoms with E-state index in [9.17, 15) is 9.90 Å². The van der Waals surface area contributed by atoms with Gasteiger partial charge in [0.15, 0.2) is 0 Å². The Hall–Kier alpha value is -0.870. The molecule has 2 atom stereocenters. The molecule has 1 aromatic rings. The van der Waals surface area contributed by atoms with Gasteiger partial charge in [0.05, 0.1) is 12.5 Å². The van der Waals surface area contributed by atoms with E-state index in [0.29, 0.717) is 13.0 Å².